The van der Waals surface area contributed by atoms with Crippen LogP contribution in [0.3, 0.4) is 0 Å². The van der Waals surface area contributed by atoms with E-state index in [1.807, 2.05) is 42.5 Å². The van der Waals surface area contributed by atoms with Crippen LogP contribution in [-0.2, 0) is 12.1 Å². The van der Waals surface area contributed by atoms with Crippen molar-refractivity contribution in [2.45, 2.75) is 38.3 Å². The highest BCUT2D eigenvalue weighted by molar-refractivity contribution is 5.77. The first-order chi connectivity index (χ1) is 18.9. The fourth-order valence-electron chi connectivity index (χ4n) is 5.30. The van der Waals surface area contributed by atoms with Crippen molar-refractivity contribution < 1.29 is 5.11 Å². The van der Waals surface area contributed by atoms with Gasteiger partial charge in [-0.15, -0.1) is 0 Å². The maximum atomic E-state index is 13.4. The van der Waals surface area contributed by atoms with Crippen LogP contribution in [0.2, 0.25) is 0 Å². The number of nitrogens with zero attached hydrogens (tertiary/aromatic N) is 7. The lowest BCUT2D eigenvalue weighted by Gasteiger charge is -2.23. The van der Waals surface area contributed by atoms with Crippen molar-refractivity contribution in [2.75, 3.05) is 43.4 Å². The van der Waals surface area contributed by atoms with E-state index in [1.165, 1.54) is 5.69 Å². The van der Waals surface area contributed by atoms with Crippen LogP contribution in [0.15, 0.2) is 65.6 Å². The Morgan fingerprint density at radius 3 is 2.69 bits per heavy atom. The summed E-state index contributed by atoms with van der Waals surface area (Å²) in [4.78, 5) is 32.1. The van der Waals surface area contributed by atoms with Gasteiger partial charge in [-0.1, -0.05) is 18.2 Å². The highest BCUT2D eigenvalue weighted by atomic mass is 16.3. The van der Waals surface area contributed by atoms with Crippen molar-refractivity contribution in [2.24, 2.45) is 0 Å². The number of rotatable bonds is 3. The highest BCUT2D eigenvalue weighted by Crippen LogP contribution is 2.27. The minimum Gasteiger partial charge on any atom is -0.384 e. The minimum atomic E-state index is -1.09. The molecule has 2 aliphatic heterocycles. The monoisotopic (exact) mass is 526 g/mol. The normalized spacial score (nSPS) is 21.2. The number of benzene rings is 1. The second-order valence-corrected chi connectivity index (χ2v) is 10.6. The molecule has 0 spiro atoms. The van der Waals surface area contributed by atoms with Gasteiger partial charge in [-0.2, -0.15) is 4.98 Å². The lowest BCUT2D eigenvalue weighted by molar-refractivity contribution is 0.0443. The molecule has 0 aliphatic carbocycles. The lowest BCUT2D eigenvalue weighted by atomic mass is 9.95. The van der Waals surface area contributed by atoms with E-state index < -0.39 is 5.60 Å². The molecule has 0 unspecified atom stereocenters. The molecule has 2 aliphatic rings. The van der Waals surface area contributed by atoms with Crippen molar-refractivity contribution in [3.05, 3.63) is 76.9 Å². The number of likely N-dealkylation sites (N-methyl/N-ethyl adjacent to an activating group) is 1. The zero-order chi connectivity index (χ0) is 27.0. The molecule has 1 aromatic carbocycles. The molecule has 0 saturated carbocycles. The number of hydrogen-bond donors (Lipinski definition) is 2. The third-order valence-electron chi connectivity index (χ3n) is 7.63. The van der Waals surface area contributed by atoms with Gasteiger partial charge in [0.1, 0.15) is 11.0 Å². The maximum absolute atomic E-state index is 13.4. The third-order valence-corrected chi connectivity index (χ3v) is 7.63. The van der Waals surface area contributed by atoms with E-state index in [0.29, 0.717) is 47.9 Å². The molecular formula is C29H34N8O2. The Balaban J connectivity index is 1.35. The fourth-order valence-corrected chi connectivity index (χ4v) is 5.30. The van der Waals surface area contributed by atoms with Gasteiger partial charge in [0.2, 0.25) is 5.95 Å². The SMILES string of the molecule is CN1CCCN(c2ccc(Nc3ncc4c(=O)n5n(c4n3)-c3cccc(n3)[C@@](C)(O)CC/C=C\C5)cc2)CC1. The van der Waals surface area contributed by atoms with Gasteiger partial charge < -0.3 is 20.2 Å². The second kappa shape index (κ2) is 10.3. The van der Waals surface area contributed by atoms with Gasteiger partial charge in [0, 0.05) is 37.2 Å². The molecule has 1 saturated heterocycles. The van der Waals surface area contributed by atoms with E-state index in [2.05, 4.69) is 39.3 Å². The van der Waals surface area contributed by atoms with Crippen molar-refractivity contribution in [3.8, 4) is 5.82 Å². The molecule has 5 heterocycles. The Labute approximate surface area is 227 Å². The topological polar surface area (TPSA) is 104 Å². The molecular weight excluding hydrogens is 492 g/mol. The number of allylic oxidation sites excluding steroid dienone is 2. The summed E-state index contributed by atoms with van der Waals surface area (Å²) in [6.07, 6.45) is 7.86. The van der Waals surface area contributed by atoms with E-state index in [1.54, 1.807) is 22.5 Å². The molecule has 3 aromatic heterocycles. The Kier molecular flexibility index (Phi) is 6.66. The predicted octanol–water partition coefficient (Wildman–Crippen LogP) is 3.42. The van der Waals surface area contributed by atoms with Crippen LogP contribution >= 0.6 is 0 Å². The molecule has 2 bridgehead atoms. The lowest BCUT2D eigenvalue weighted by Crippen LogP contribution is -2.28. The van der Waals surface area contributed by atoms with E-state index in [9.17, 15) is 9.90 Å². The van der Waals surface area contributed by atoms with Crippen molar-refractivity contribution >= 4 is 28.4 Å². The van der Waals surface area contributed by atoms with E-state index in [0.717, 1.165) is 38.3 Å². The van der Waals surface area contributed by atoms with Gasteiger partial charge >= 0.3 is 0 Å². The molecule has 1 atom stereocenters. The number of hydrogen-bond acceptors (Lipinski definition) is 8. The summed E-state index contributed by atoms with van der Waals surface area (Å²) in [5.41, 5.74) is 1.80. The average molecular weight is 527 g/mol. The van der Waals surface area contributed by atoms with Gasteiger partial charge in [0.15, 0.2) is 11.5 Å². The van der Waals surface area contributed by atoms with Gasteiger partial charge in [0.05, 0.1) is 12.2 Å². The summed E-state index contributed by atoms with van der Waals surface area (Å²) >= 11 is 0. The average Bonchev–Trinajstić information content (AvgIpc) is 3.05. The van der Waals surface area contributed by atoms with Crippen LogP contribution in [0.25, 0.3) is 16.9 Å². The zero-order valence-corrected chi connectivity index (χ0v) is 22.4. The number of fused-ring (bicyclic) bond motifs is 6. The molecule has 10 heteroatoms. The van der Waals surface area contributed by atoms with E-state index in [4.69, 9.17) is 9.97 Å². The smallest absolute Gasteiger partial charge is 0.278 e. The molecule has 6 rings (SSSR count). The molecule has 202 valence electrons. The van der Waals surface area contributed by atoms with Crippen LogP contribution in [0.1, 0.15) is 31.9 Å². The van der Waals surface area contributed by atoms with Crippen LogP contribution in [0, 0.1) is 0 Å². The third kappa shape index (κ3) is 5.05. The van der Waals surface area contributed by atoms with Crippen molar-refractivity contribution in [1.82, 2.24) is 29.2 Å². The number of pyridine rings is 1. The van der Waals surface area contributed by atoms with Crippen LogP contribution < -0.4 is 15.8 Å². The van der Waals surface area contributed by atoms with E-state index >= 15 is 0 Å². The van der Waals surface area contributed by atoms with Gasteiger partial charge in [-0.25, -0.2) is 19.3 Å². The largest absolute Gasteiger partial charge is 0.384 e. The Hall–Kier alpha value is -4.02. The summed E-state index contributed by atoms with van der Waals surface area (Å²) in [6, 6.07) is 13.8. The summed E-state index contributed by atoms with van der Waals surface area (Å²) < 4.78 is 3.33. The highest BCUT2D eigenvalue weighted by Gasteiger charge is 2.26. The van der Waals surface area contributed by atoms with Gasteiger partial charge in [-0.05, 0) is 76.2 Å². The first-order valence-electron chi connectivity index (χ1n) is 13.5. The summed E-state index contributed by atoms with van der Waals surface area (Å²) in [7, 11) is 2.17. The first-order valence-corrected chi connectivity index (χ1v) is 13.5. The number of nitrogens with one attached hydrogen (secondary N) is 1. The van der Waals surface area contributed by atoms with Crippen molar-refractivity contribution in [3.63, 3.8) is 0 Å². The molecule has 2 N–H and O–H groups in total. The van der Waals surface area contributed by atoms with Gasteiger partial charge in [-0.3, -0.25) is 4.79 Å². The Morgan fingerprint density at radius 1 is 1.00 bits per heavy atom. The van der Waals surface area contributed by atoms with E-state index in [-0.39, 0.29) is 5.56 Å². The summed E-state index contributed by atoms with van der Waals surface area (Å²) in [5.74, 6) is 0.910. The van der Waals surface area contributed by atoms with Crippen LogP contribution in [0.4, 0.5) is 17.3 Å². The Morgan fingerprint density at radius 2 is 1.85 bits per heavy atom. The van der Waals surface area contributed by atoms with Crippen LogP contribution in [-0.4, -0.2) is 67.5 Å². The van der Waals surface area contributed by atoms with Crippen LogP contribution in [0.5, 0.6) is 0 Å². The quantitative estimate of drug-likeness (QED) is 0.392. The minimum absolute atomic E-state index is 0.188. The first kappa shape index (κ1) is 25.3. The Bertz CT molecular complexity index is 1570. The van der Waals surface area contributed by atoms with Crippen molar-refractivity contribution in [1.29, 1.82) is 0 Å². The van der Waals surface area contributed by atoms with Gasteiger partial charge in [0.25, 0.3) is 5.56 Å². The standard InChI is InChI=1S/C29H34N8O2/c1-29(39)14-4-3-5-17-36-27(38)23-20-30-28(33-26(23)37(36)25-9-6-8-24(29)32-25)31-21-10-12-22(13-11-21)35-16-7-15-34(2)18-19-35/h3,5-6,8-13,20,39H,4,7,14-19H2,1-2H3,(H,30,31,33)/b5-3-/t29-/m0/s1. The second-order valence-electron chi connectivity index (χ2n) is 10.6. The summed E-state index contributed by atoms with van der Waals surface area (Å²) in [5, 5.41) is 14.7. The zero-order valence-electron chi connectivity index (χ0n) is 22.4. The maximum Gasteiger partial charge on any atom is 0.278 e. The number of aromatic nitrogens is 5. The number of aliphatic hydroxyl groups is 1. The fraction of sp³-hybridized carbons (Fsp3) is 0.379. The number of anilines is 3. The molecule has 0 radical (unpaired) electrons. The molecule has 0 amide bonds. The molecule has 1 fully saturated rings. The molecule has 10 nitrogen and oxygen atoms in total. The summed E-state index contributed by atoms with van der Waals surface area (Å²) in [6.45, 7) is 6.37. The molecule has 4 aromatic rings. The molecule has 39 heavy (non-hydrogen) atoms. The predicted molar refractivity (Wildman–Crippen MR) is 153 cm³/mol.